The first-order valence-electron chi connectivity index (χ1n) is 5.15. The van der Waals surface area contributed by atoms with Crippen molar-refractivity contribution >= 4 is 19.4 Å². The van der Waals surface area contributed by atoms with Gasteiger partial charge in [0, 0.05) is 12.2 Å². The SMILES string of the molecule is CC(=O)OP(c1ccccc1)C1C=CC=C1. The van der Waals surface area contributed by atoms with Crippen molar-refractivity contribution in [1.29, 1.82) is 0 Å². The molecule has 0 aromatic heterocycles. The monoisotopic (exact) mass is 232 g/mol. The zero-order valence-corrected chi connectivity index (χ0v) is 9.93. The Morgan fingerprint density at radius 1 is 1.19 bits per heavy atom. The van der Waals surface area contributed by atoms with E-state index in [1.807, 2.05) is 42.5 Å². The second-order valence-corrected chi connectivity index (χ2v) is 5.45. The standard InChI is InChI=1S/C13H13O2P/c1-11(14)15-16(13-9-5-6-10-13)12-7-3-2-4-8-12/h2-10,13H,1H3. The lowest BCUT2D eigenvalue weighted by atomic mass is 10.4. The lowest BCUT2D eigenvalue weighted by molar-refractivity contribution is -0.131. The predicted octanol–water partition coefficient (Wildman–Crippen LogP) is 2.77. The molecule has 1 aliphatic rings. The van der Waals surface area contributed by atoms with E-state index in [0.717, 1.165) is 5.30 Å². The van der Waals surface area contributed by atoms with Crippen molar-refractivity contribution in [2.45, 2.75) is 12.6 Å². The van der Waals surface area contributed by atoms with Crippen LogP contribution in [-0.4, -0.2) is 11.6 Å². The van der Waals surface area contributed by atoms with Crippen LogP contribution in [-0.2, 0) is 9.32 Å². The van der Waals surface area contributed by atoms with Crippen LogP contribution in [0.1, 0.15) is 6.92 Å². The summed E-state index contributed by atoms with van der Waals surface area (Å²) in [6, 6.07) is 9.92. The summed E-state index contributed by atoms with van der Waals surface area (Å²) in [5, 5.41) is 1.09. The maximum atomic E-state index is 11.1. The van der Waals surface area contributed by atoms with Gasteiger partial charge in [-0.15, -0.1) is 0 Å². The second kappa shape index (κ2) is 5.09. The Labute approximate surface area is 96.5 Å². The van der Waals surface area contributed by atoms with E-state index in [1.54, 1.807) is 0 Å². The molecular formula is C13H13O2P. The predicted molar refractivity (Wildman–Crippen MR) is 66.8 cm³/mol. The van der Waals surface area contributed by atoms with E-state index in [-0.39, 0.29) is 11.6 Å². The van der Waals surface area contributed by atoms with E-state index in [2.05, 4.69) is 12.2 Å². The summed E-state index contributed by atoms with van der Waals surface area (Å²) in [4.78, 5) is 11.1. The Hall–Kier alpha value is -1.40. The van der Waals surface area contributed by atoms with E-state index in [0.29, 0.717) is 0 Å². The minimum absolute atomic E-state index is 0.210. The molecule has 0 heterocycles. The largest absolute Gasteiger partial charge is 0.439 e. The number of hydrogen-bond donors (Lipinski definition) is 0. The van der Waals surface area contributed by atoms with E-state index in [1.165, 1.54) is 6.92 Å². The van der Waals surface area contributed by atoms with Gasteiger partial charge in [-0.05, 0) is 0 Å². The lowest BCUT2D eigenvalue weighted by Gasteiger charge is -2.20. The molecule has 0 aliphatic heterocycles. The fourth-order valence-corrected chi connectivity index (χ4v) is 3.40. The third-order valence-corrected chi connectivity index (χ3v) is 4.38. The summed E-state index contributed by atoms with van der Waals surface area (Å²) >= 11 is 0. The van der Waals surface area contributed by atoms with Gasteiger partial charge >= 0.3 is 5.97 Å². The number of carbonyl (C=O) groups is 1. The van der Waals surface area contributed by atoms with Crippen molar-refractivity contribution in [1.82, 2.24) is 0 Å². The molecule has 0 N–H and O–H groups in total. The third-order valence-electron chi connectivity index (χ3n) is 2.24. The highest BCUT2D eigenvalue weighted by Gasteiger charge is 2.23. The van der Waals surface area contributed by atoms with Crippen LogP contribution in [0, 0.1) is 0 Å². The molecule has 0 saturated carbocycles. The molecule has 0 spiro atoms. The molecule has 0 bridgehead atoms. The summed E-state index contributed by atoms with van der Waals surface area (Å²) < 4.78 is 5.44. The first kappa shape index (κ1) is 11.1. The van der Waals surface area contributed by atoms with Crippen molar-refractivity contribution in [3.05, 3.63) is 54.6 Å². The van der Waals surface area contributed by atoms with Gasteiger partial charge in [0.2, 0.25) is 0 Å². The Balaban J connectivity index is 2.24. The van der Waals surface area contributed by atoms with Crippen molar-refractivity contribution in [2.24, 2.45) is 0 Å². The van der Waals surface area contributed by atoms with Crippen LogP contribution in [0.4, 0.5) is 0 Å². The van der Waals surface area contributed by atoms with Gasteiger partial charge in [0.25, 0.3) is 0 Å². The molecule has 3 heteroatoms. The molecule has 2 nitrogen and oxygen atoms in total. The maximum Gasteiger partial charge on any atom is 0.305 e. The Bertz CT molecular complexity index is 411. The summed E-state index contributed by atoms with van der Waals surface area (Å²) in [7, 11) is -0.919. The quantitative estimate of drug-likeness (QED) is 0.749. The normalized spacial score (nSPS) is 16.3. The van der Waals surface area contributed by atoms with E-state index in [9.17, 15) is 4.79 Å². The van der Waals surface area contributed by atoms with E-state index in [4.69, 9.17) is 4.52 Å². The zero-order valence-electron chi connectivity index (χ0n) is 9.04. The van der Waals surface area contributed by atoms with Gasteiger partial charge < -0.3 is 4.52 Å². The van der Waals surface area contributed by atoms with E-state index < -0.39 is 8.15 Å². The molecule has 16 heavy (non-hydrogen) atoms. The number of hydrogen-bond acceptors (Lipinski definition) is 2. The fourth-order valence-electron chi connectivity index (χ4n) is 1.58. The number of allylic oxidation sites excluding steroid dienone is 4. The highest BCUT2D eigenvalue weighted by atomic mass is 31.1. The van der Waals surface area contributed by atoms with Gasteiger partial charge in [0.15, 0.2) is 0 Å². The van der Waals surface area contributed by atoms with Gasteiger partial charge in [-0.1, -0.05) is 54.6 Å². The van der Waals surface area contributed by atoms with Crippen molar-refractivity contribution in [3.63, 3.8) is 0 Å². The van der Waals surface area contributed by atoms with E-state index >= 15 is 0 Å². The molecule has 1 atom stereocenters. The molecule has 1 aromatic rings. The van der Waals surface area contributed by atoms with Crippen LogP contribution in [0.25, 0.3) is 0 Å². The molecule has 1 unspecified atom stereocenters. The van der Waals surface area contributed by atoms with Gasteiger partial charge in [0.1, 0.15) is 8.15 Å². The van der Waals surface area contributed by atoms with Crippen LogP contribution in [0.15, 0.2) is 54.6 Å². The van der Waals surface area contributed by atoms with Gasteiger partial charge in [-0.25, -0.2) is 0 Å². The summed E-state index contributed by atoms with van der Waals surface area (Å²) in [5.74, 6) is -0.219. The Kier molecular flexibility index (Phi) is 3.53. The third kappa shape index (κ3) is 2.59. The van der Waals surface area contributed by atoms with Crippen LogP contribution >= 0.6 is 8.15 Å². The highest BCUT2D eigenvalue weighted by Crippen LogP contribution is 2.44. The van der Waals surface area contributed by atoms with Crippen LogP contribution < -0.4 is 5.30 Å². The number of carbonyl (C=O) groups excluding carboxylic acids is 1. The highest BCUT2D eigenvalue weighted by molar-refractivity contribution is 7.62. The number of rotatable bonds is 3. The molecule has 82 valence electrons. The average Bonchev–Trinajstić information content (AvgIpc) is 2.80. The summed E-state index contributed by atoms with van der Waals surface area (Å²) in [6.07, 6.45) is 8.13. The van der Waals surface area contributed by atoms with Gasteiger partial charge in [-0.3, -0.25) is 4.79 Å². The minimum Gasteiger partial charge on any atom is -0.439 e. The van der Waals surface area contributed by atoms with Crippen LogP contribution in [0.5, 0.6) is 0 Å². The zero-order chi connectivity index (χ0) is 11.4. The Morgan fingerprint density at radius 3 is 2.38 bits per heavy atom. The smallest absolute Gasteiger partial charge is 0.305 e. The molecule has 1 aliphatic carbocycles. The lowest BCUT2D eigenvalue weighted by Crippen LogP contribution is -2.13. The fraction of sp³-hybridized carbons (Fsp3) is 0.154. The van der Waals surface area contributed by atoms with Gasteiger partial charge in [0.05, 0.1) is 5.66 Å². The first-order valence-corrected chi connectivity index (χ1v) is 6.48. The topological polar surface area (TPSA) is 26.3 Å². The molecule has 1 aromatic carbocycles. The van der Waals surface area contributed by atoms with Crippen molar-refractivity contribution < 1.29 is 9.32 Å². The van der Waals surface area contributed by atoms with Crippen molar-refractivity contribution in [2.75, 3.05) is 0 Å². The molecule has 0 amide bonds. The molecule has 0 fully saturated rings. The first-order chi connectivity index (χ1) is 7.77. The van der Waals surface area contributed by atoms with Crippen molar-refractivity contribution in [3.8, 4) is 0 Å². The molecule has 2 rings (SSSR count). The maximum absolute atomic E-state index is 11.1. The second-order valence-electron chi connectivity index (χ2n) is 3.50. The molecule has 0 radical (unpaired) electrons. The molecule has 0 saturated heterocycles. The molecular weight excluding hydrogens is 219 g/mol. The minimum atomic E-state index is -0.919. The Morgan fingerprint density at radius 2 is 1.81 bits per heavy atom. The summed E-state index contributed by atoms with van der Waals surface area (Å²) in [5.41, 5.74) is 0.210. The average molecular weight is 232 g/mol. The summed E-state index contributed by atoms with van der Waals surface area (Å²) in [6.45, 7) is 1.46. The van der Waals surface area contributed by atoms with Crippen LogP contribution in [0.2, 0.25) is 0 Å². The number of benzene rings is 1. The van der Waals surface area contributed by atoms with Gasteiger partial charge in [-0.2, -0.15) is 0 Å². The van der Waals surface area contributed by atoms with Crippen LogP contribution in [0.3, 0.4) is 0 Å².